The molecule has 1 amide bonds. The van der Waals surface area contributed by atoms with Crippen LogP contribution in [0.1, 0.15) is 32.5 Å². The zero-order chi connectivity index (χ0) is 13.8. The van der Waals surface area contributed by atoms with Gasteiger partial charge in [0.15, 0.2) is 0 Å². The van der Waals surface area contributed by atoms with Crippen molar-refractivity contribution < 1.29 is 19.1 Å². The summed E-state index contributed by atoms with van der Waals surface area (Å²) in [5.74, 6) is -1.37. The number of rotatable bonds is 4. The van der Waals surface area contributed by atoms with E-state index < -0.39 is 11.9 Å². The first-order valence-corrected chi connectivity index (χ1v) is 5.45. The summed E-state index contributed by atoms with van der Waals surface area (Å²) >= 11 is 0. The third-order valence-electron chi connectivity index (χ3n) is 2.31. The van der Waals surface area contributed by atoms with Gasteiger partial charge in [-0.3, -0.25) is 9.78 Å². The van der Waals surface area contributed by atoms with E-state index in [1.54, 1.807) is 6.92 Å². The van der Waals surface area contributed by atoms with E-state index in [1.807, 2.05) is 0 Å². The lowest BCUT2D eigenvalue weighted by atomic mass is 10.3. The van der Waals surface area contributed by atoms with Gasteiger partial charge in [-0.2, -0.15) is 0 Å². The molecule has 7 nitrogen and oxygen atoms in total. The molecule has 2 N–H and O–H groups in total. The van der Waals surface area contributed by atoms with Crippen LogP contribution in [0.25, 0.3) is 0 Å². The molecule has 7 heteroatoms. The van der Waals surface area contributed by atoms with Crippen LogP contribution in [0.2, 0.25) is 0 Å². The largest absolute Gasteiger partial charge is 0.475 e. The fraction of sp³-hybridized carbons (Fsp3) is 0.167. The molecular weight excluding hydrogens is 250 g/mol. The molecule has 0 bridgehead atoms. The molecule has 0 aliphatic heterocycles. The van der Waals surface area contributed by atoms with Crippen LogP contribution in [0.3, 0.4) is 0 Å². The van der Waals surface area contributed by atoms with Crippen molar-refractivity contribution in [1.29, 1.82) is 0 Å². The zero-order valence-corrected chi connectivity index (χ0v) is 10.1. The molecule has 19 heavy (non-hydrogen) atoms. The van der Waals surface area contributed by atoms with E-state index in [0.29, 0.717) is 11.5 Å². The van der Waals surface area contributed by atoms with Gasteiger partial charge in [-0.05, 0) is 19.1 Å². The highest BCUT2D eigenvalue weighted by molar-refractivity contribution is 5.91. The van der Waals surface area contributed by atoms with Gasteiger partial charge in [0, 0.05) is 6.20 Å². The van der Waals surface area contributed by atoms with Gasteiger partial charge in [0.25, 0.3) is 5.91 Å². The van der Waals surface area contributed by atoms with Crippen LogP contribution in [-0.2, 0) is 6.54 Å². The Balaban J connectivity index is 1.96. The highest BCUT2D eigenvalue weighted by Gasteiger charge is 2.11. The molecule has 0 aromatic carbocycles. The molecule has 2 aromatic heterocycles. The Morgan fingerprint density at radius 3 is 2.68 bits per heavy atom. The number of aryl methyl sites for hydroxylation is 1. The number of carbonyl (C=O) groups excluding carboxylic acids is 1. The summed E-state index contributed by atoms with van der Waals surface area (Å²) in [6.07, 6.45) is 2.86. The lowest BCUT2D eigenvalue weighted by Crippen LogP contribution is -2.23. The molecule has 0 atom stereocenters. The number of carbonyl (C=O) groups is 2. The maximum atomic E-state index is 11.7. The quantitative estimate of drug-likeness (QED) is 0.850. The average Bonchev–Trinajstić information content (AvgIpc) is 2.86. The molecule has 0 fully saturated rings. The van der Waals surface area contributed by atoms with E-state index in [2.05, 4.69) is 15.3 Å². The normalized spacial score (nSPS) is 10.2. The van der Waals surface area contributed by atoms with Crippen molar-refractivity contribution in [3.8, 4) is 0 Å². The minimum absolute atomic E-state index is 0.0850. The summed E-state index contributed by atoms with van der Waals surface area (Å²) in [6.45, 7) is 1.85. The monoisotopic (exact) mass is 261 g/mol. The van der Waals surface area contributed by atoms with Gasteiger partial charge in [0.1, 0.15) is 11.5 Å². The Bertz CT molecular complexity index is 604. The van der Waals surface area contributed by atoms with Crippen molar-refractivity contribution >= 4 is 11.9 Å². The minimum atomic E-state index is -1.15. The summed E-state index contributed by atoms with van der Waals surface area (Å²) in [6, 6.07) is 2.82. The van der Waals surface area contributed by atoms with Crippen LogP contribution >= 0.6 is 0 Å². The minimum Gasteiger partial charge on any atom is -0.475 e. The highest BCUT2D eigenvalue weighted by Crippen LogP contribution is 2.07. The van der Waals surface area contributed by atoms with E-state index in [4.69, 9.17) is 9.52 Å². The van der Waals surface area contributed by atoms with Gasteiger partial charge in [0.2, 0.25) is 5.76 Å². The number of carboxylic acids is 1. The highest BCUT2D eigenvalue weighted by atomic mass is 16.4. The van der Waals surface area contributed by atoms with Crippen LogP contribution in [0.4, 0.5) is 0 Å². The van der Waals surface area contributed by atoms with Gasteiger partial charge in [0.05, 0.1) is 18.4 Å². The van der Waals surface area contributed by atoms with E-state index in [-0.39, 0.29) is 18.0 Å². The fourth-order valence-electron chi connectivity index (χ4n) is 1.36. The van der Waals surface area contributed by atoms with Gasteiger partial charge in [-0.25, -0.2) is 9.78 Å². The van der Waals surface area contributed by atoms with Crippen LogP contribution < -0.4 is 5.32 Å². The molecule has 0 aliphatic carbocycles. The second-order valence-corrected chi connectivity index (χ2v) is 3.80. The SMILES string of the molecule is Cc1cnc(C(=O)NCc2ccc(C(=O)O)o2)cn1. The smallest absolute Gasteiger partial charge is 0.371 e. The molecule has 2 heterocycles. The zero-order valence-electron chi connectivity index (χ0n) is 10.1. The van der Waals surface area contributed by atoms with Crippen molar-refractivity contribution in [3.63, 3.8) is 0 Å². The maximum Gasteiger partial charge on any atom is 0.371 e. The van der Waals surface area contributed by atoms with Crippen molar-refractivity contribution in [3.05, 3.63) is 47.4 Å². The second-order valence-electron chi connectivity index (χ2n) is 3.80. The predicted molar refractivity (Wildman–Crippen MR) is 63.6 cm³/mol. The molecule has 0 radical (unpaired) electrons. The topological polar surface area (TPSA) is 105 Å². The Morgan fingerprint density at radius 2 is 2.11 bits per heavy atom. The van der Waals surface area contributed by atoms with Crippen molar-refractivity contribution in [2.45, 2.75) is 13.5 Å². The number of nitrogens with one attached hydrogen (secondary N) is 1. The number of hydrogen-bond donors (Lipinski definition) is 2. The number of amides is 1. The summed E-state index contributed by atoms with van der Waals surface area (Å²) < 4.78 is 5.00. The lowest BCUT2D eigenvalue weighted by molar-refractivity contribution is 0.0660. The maximum absolute atomic E-state index is 11.7. The van der Waals surface area contributed by atoms with Gasteiger partial charge in [-0.1, -0.05) is 0 Å². The Hall–Kier alpha value is -2.70. The predicted octanol–water partition coefficient (Wildman–Crippen LogP) is 1.01. The molecular formula is C12H11N3O4. The Labute approximate surface area is 108 Å². The number of furan rings is 1. The molecule has 2 rings (SSSR count). The van der Waals surface area contributed by atoms with Gasteiger partial charge >= 0.3 is 5.97 Å². The van der Waals surface area contributed by atoms with Crippen molar-refractivity contribution in [1.82, 2.24) is 15.3 Å². The Morgan fingerprint density at radius 1 is 1.32 bits per heavy atom. The van der Waals surface area contributed by atoms with Crippen LogP contribution in [-0.4, -0.2) is 27.0 Å². The van der Waals surface area contributed by atoms with Crippen LogP contribution in [0.15, 0.2) is 28.9 Å². The number of nitrogens with zero attached hydrogens (tertiary/aromatic N) is 2. The van der Waals surface area contributed by atoms with E-state index in [0.717, 1.165) is 0 Å². The lowest BCUT2D eigenvalue weighted by Gasteiger charge is -2.02. The molecule has 2 aromatic rings. The van der Waals surface area contributed by atoms with Crippen molar-refractivity contribution in [2.24, 2.45) is 0 Å². The van der Waals surface area contributed by atoms with Gasteiger partial charge in [-0.15, -0.1) is 0 Å². The number of hydrogen-bond acceptors (Lipinski definition) is 5. The molecule has 98 valence electrons. The average molecular weight is 261 g/mol. The van der Waals surface area contributed by atoms with E-state index in [1.165, 1.54) is 24.5 Å². The second kappa shape index (κ2) is 5.30. The van der Waals surface area contributed by atoms with Crippen LogP contribution in [0.5, 0.6) is 0 Å². The molecule has 0 spiro atoms. The first-order valence-electron chi connectivity index (χ1n) is 5.45. The Kier molecular flexibility index (Phi) is 3.56. The molecule has 0 saturated carbocycles. The standard InChI is InChI=1S/C12H11N3O4/c1-7-4-14-9(6-13-7)11(16)15-5-8-2-3-10(19-8)12(17)18/h2-4,6H,5H2,1H3,(H,15,16)(H,17,18). The first kappa shape index (κ1) is 12.7. The summed E-state index contributed by atoms with van der Waals surface area (Å²) in [5, 5.41) is 11.2. The molecule has 0 saturated heterocycles. The van der Waals surface area contributed by atoms with E-state index >= 15 is 0 Å². The van der Waals surface area contributed by atoms with E-state index in [9.17, 15) is 9.59 Å². The van der Waals surface area contributed by atoms with Crippen LogP contribution in [0, 0.1) is 6.92 Å². The first-order chi connectivity index (χ1) is 9.06. The van der Waals surface area contributed by atoms with Gasteiger partial charge < -0.3 is 14.8 Å². The van der Waals surface area contributed by atoms with Crippen molar-refractivity contribution in [2.75, 3.05) is 0 Å². The summed E-state index contributed by atoms with van der Waals surface area (Å²) in [4.78, 5) is 30.2. The third-order valence-corrected chi connectivity index (χ3v) is 2.31. The number of carboxylic acid groups (broad SMARTS) is 1. The number of aromatic nitrogens is 2. The summed E-state index contributed by atoms with van der Waals surface area (Å²) in [5.41, 5.74) is 0.907. The molecule has 0 aliphatic rings. The fourth-order valence-corrected chi connectivity index (χ4v) is 1.36. The molecule has 0 unspecified atom stereocenters. The summed E-state index contributed by atoms with van der Waals surface area (Å²) in [7, 11) is 0. The number of aromatic carboxylic acids is 1. The third kappa shape index (κ3) is 3.15.